The zero-order valence-electron chi connectivity index (χ0n) is 13.6. The number of carbonyl (C=O) groups is 2. The SMILES string of the molecule is N#CCNC(=O)CNC(=O)Cc1nc2ncc(-c3ccccc3)nc2s1. The van der Waals surface area contributed by atoms with Crippen LogP contribution >= 0.6 is 11.3 Å². The van der Waals surface area contributed by atoms with Gasteiger partial charge < -0.3 is 10.6 Å². The van der Waals surface area contributed by atoms with Crippen molar-refractivity contribution in [3.8, 4) is 17.3 Å². The van der Waals surface area contributed by atoms with Gasteiger partial charge in [-0.15, -0.1) is 0 Å². The number of amides is 2. The zero-order chi connectivity index (χ0) is 18.4. The Morgan fingerprint density at radius 2 is 1.92 bits per heavy atom. The molecule has 0 aliphatic carbocycles. The van der Waals surface area contributed by atoms with Gasteiger partial charge in [0.05, 0.1) is 30.9 Å². The number of nitriles is 1. The monoisotopic (exact) mass is 366 g/mol. The van der Waals surface area contributed by atoms with E-state index in [2.05, 4.69) is 25.6 Å². The first-order chi connectivity index (χ1) is 12.7. The third-order valence-corrected chi connectivity index (χ3v) is 4.30. The fraction of sp³-hybridized carbons (Fsp3) is 0.176. The van der Waals surface area contributed by atoms with Gasteiger partial charge in [0.1, 0.15) is 11.6 Å². The summed E-state index contributed by atoms with van der Waals surface area (Å²) in [5, 5.41) is 13.8. The molecule has 0 radical (unpaired) electrons. The van der Waals surface area contributed by atoms with Gasteiger partial charge in [-0.2, -0.15) is 5.26 Å². The molecule has 0 saturated carbocycles. The summed E-state index contributed by atoms with van der Waals surface area (Å²) in [6.07, 6.45) is 1.69. The Morgan fingerprint density at radius 3 is 2.69 bits per heavy atom. The van der Waals surface area contributed by atoms with Gasteiger partial charge in [-0.1, -0.05) is 41.7 Å². The van der Waals surface area contributed by atoms with Crippen LogP contribution < -0.4 is 10.6 Å². The lowest BCUT2D eigenvalue weighted by Crippen LogP contribution is -2.37. The van der Waals surface area contributed by atoms with Gasteiger partial charge in [0, 0.05) is 5.56 Å². The van der Waals surface area contributed by atoms with Crippen LogP contribution in [-0.2, 0) is 16.0 Å². The number of fused-ring (bicyclic) bond motifs is 1. The highest BCUT2D eigenvalue weighted by Gasteiger charge is 2.12. The van der Waals surface area contributed by atoms with Crippen molar-refractivity contribution < 1.29 is 9.59 Å². The molecule has 0 bridgehead atoms. The molecule has 3 aromatic rings. The molecule has 0 aliphatic rings. The molecule has 0 unspecified atom stereocenters. The average Bonchev–Trinajstić information content (AvgIpc) is 3.06. The predicted octanol–water partition coefficient (Wildman–Crippen LogP) is 1.05. The maximum Gasteiger partial charge on any atom is 0.240 e. The van der Waals surface area contributed by atoms with E-state index in [0.29, 0.717) is 15.5 Å². The quantitative estimate of drug-likeness (QED) is 0.629. The van der Waals surface area contributed by atoms with Gasteiger partial charge in [0.2, 0.25) is 11.8 Å². The molecule has 8 nitrogen and oxygen atoms in total. The van der Waals surface area contributed by atoms with E-state index >= 15 is 0 Å². The van der Waals surface area contributed by atoms with Crippen molar-refractivity contribution in [2.45, 2.75) is 6.42 Å². The Hall–Kier alpha value is -3.38. The molecular formula is C17H14N6O2S. The molecule has 2 aromatic heterocycles. The highest BCUT2D eigenvalue weighted by molar-refractivity contribution is 7.18. The van der Waals surface area contributed by atoms with Crippen LogP contribution in [0.3, 0.4) is 0 Å². The number of carbonyl (C=O) groups excluding carboxylic acids is 2. The number of thiazole rings is 1. The van der Waals surface area contributed by atoms with Gasteiger partial charge in [0.25, 0.3) is 0 Å². The van der Waals surface area contributed by atoms with Crippen molar-refractivity contribution in [3.63, 3.8) is 0 Å². The average molecular weight is 366 g/mol. The predicted molar refractivity (Wildman–Crippen MR) is 96.0 cm³/mol. The first-order valence-electron chi connectivity index (χ1n) is 7.74. The molecule has 0 aliphatic heterocycles. The van der Waals surface area contributed by atoms with Crippen LogP contribution in [0, 0.1) is 11.3 Å². The topological polar surface area (TPSA) is 121 Å². The molecule has 130 valence electrons. The molecule has 3 rings (SSSR count). The van der Waals surface area contributed by atoms with E-state index in [1.165, 1.54) is 11.3 Å². The second-order valence-electron chi connectivity index (χ2n) is 5.25. The standard InChI is InChI=1S/C17H14N6O2S/c18-6-7-19-14(25)10-20-13(24)8-15-23-16-17(26-15)22-12(9-21-16)11-4-2-1-3-5-11/h1-5,9H,7-8,10H2,(H,19,25)(H,20,24). The molecule has 2 amide bonds. The van der Waals surface area contributed by atoms with E-state index < -0.39 is 5.91 Å². The number of nitrogens with one attached hydrogen (secondary N) is 2. The Bertz CT molecular complexity index is 980. The summed E-state index contributed by atoms with van der Waals surface area (Å²) in [6.45, 7) is -0.270. The van der Waals surface area contributed by atoms with Crippen LogP contribution in [0.1, 0.15) is 5.01 Å². The van der Waals surface area contributed by atoms with E-state index in [-0.39, 0.29) is 25.4 Å². The van der Waals surface area contributed by atoms with Crippen LogP contribution in [-0.4, -0.2) is 39.9 Å². The largest absolute Gasteiger partial charge is 0.347 e. The minimum Gasteiger partial charge on any atom is -0.347 e. The van der Waals surface area contributed by atoms with E-state index in [9.17, 15) is 9.59 Å². The van der Waals surface area contributed by atoms with Crippen molar-refractivity contribution in [1.82, 2.24) is 25.6 Å². The Morgan fingerprint density at radius 1 is 1.12 bits per heavy atom. The van der Waals surface area contributed by atoms with Gasteiger partial charge >= 0.3 is 0 Å². The van der Waals surface area contributed by atoms with Gasteiger partial charge in [0.15, 0.2) is 10.5 Å². The lowest BCUT2D eigenvalue weighted by Gasteiger charge is -2.03. The third kappa shape index (κ3) is 4.37. The van der Waals surface area contributed by atoms with E-state index in [1.807, 2.05) is 30.3 Å². The maximum absolute atomic E-state index is 11.9. The minimum absolute atomic E-state index is 0.0366. The molecule has 0 spiro atoms. The van der Waals surface area contributed by atoms with Crippen molar-refractivity contribution in [2.24, 2.45) is 0 Å². The zero-order valence-corrected chi connectivity index (χ0v) is 14.4. The minimum atomic E-state index is -0.417. The van der Waals surface area contributed by atoms with Gasteiger partial charge in [-0.3, -0.25) is 9.59 Å². The first kappa shape index (κ1) is 17.4. The molecule has 9 heteroatoms. The summed E-state index contributed by atoms with van der Waals surface area (Å²) in [6, 6.07) is 11.5. The molecular weight excluding hydrogens is 352 g/mol. The molecule has 2 N–H and O–H groups in total. The molecule has 0 saturated heterocycles. The van der Waals surface area contributed by atoms with Crippen molar-refractivity contribution >= 4 is 33.6 Å². The van der Waals surface area contributed by atoms with Crippen LogP contribution in [0.5, 0.6) is 0 Å². The number of aromatic nitrogens is 3. The summed E-state index contributed by atoms with van der Waals surface area (Å²) < 4.78 is 0. The van der Waals surface area contributed by atoms with Crippen molar-refractivity contribution in [2.75, 3.05) is 13.1 Å². The summed E-state index contributed by atoms with van der Waals surface area (Å²) in [5.41, 5.74) is 2.19. The van der Waals surface area contributed by atoms with Crippen LogP contribution in [0.2, 0.25) is 0 Å². The highest BCUT2D eigenvalue weighted by atomic mass is 32.1. The smallest absolute Gasteiger partial charge is 0.240 e. The molecule has 26 heavy (non-hydrogen) atoms. The Kier molecular flexibility index (Phi) is 5.46. The Labute approximate surface area is 152 Å². The van der Waals surface area contributed by atoms with E-state index in [1.54, 1.807) is 12.3 Å². The number of hydrogen-bond donors (Lipinski definition) is 2. The van der Waals surface area contributed by atoms with Crippen LogP contribution in [0.4, 0.5) is 0 Å². The van der Waals surface area contributed by atoms with Gasteiger partial charge in [-0.05, 0) is 0 Å². The van der Waals surface area contributed by atoms with E-state index in [4.69, 9.17) is 5.26 Å². The first-order valence-corrected chi connectivity index (χ1v) is 8.55. The van der Waals surface area contributed by atoms with Gasteiger partial charge in [-0.25, -0.2) is 15.0 Å². The number of hydrogen-bond acceptors (Lipinski definition) is 7. The third-order valence-electron chi connectivity index (χ3n) is 3.36. The lowest BCUT2D eigenvalue weighted by atomic mass is 10.2. The van der Waals surface area contributed by atoms with Crippen molar-refractivity contribution in [3.05, 3.63) is 41.5 Å². The molecule has 0 fully saturated rings. The lowest BCUT2D eigenvalue weighted by molar-refractivity contribution is -0.125. The maximum atomic E-state index is 11.9. The molecule has 0 atom stereocenters. The summed E-state index contributed by atoms with van der Waals surface area (Å²) >= 11 is 1.29. The fourth-order valence-electron chi connectivity index (χ4n) is 2.17. The highest BCUT2D eigenvalue weighted by Crippen LogP contribution is 2.23. The second kappa shape index (κ2) is 8.13. The van der Waals surface area contributed by atoms with Crippen molar-refractivity contribution in [1.29, 1.82) is 5.26 Å². The normalized spacial score (nSPS) is 10.3. The Balaban J connectivity index is 1.65. The second-order valence-corrected chi connectivity index (χ2v) is 6.31. The summed E-state index contributed by atoms with van der Waals surface area (Å²) in [5.74, 6) is -0.750. The summed E-state index contributed by atoms with van der Waals surface area (Å²) in [4.78, 5) is 37.1. The van der Waals surface area contributed by atoms with Crippen LogP contribution in [0.25, 0.3) is 21.7 Å². The van der Waals surface area contributed by atoms with E-state index in [0.717, 1.165) is 11.3 Å². The fourth-order valence-corrected chi connectivity index (χ4v) is 3.06. The van der Waals surface area contributed by atoms with Crippen LogP contribution in [0.15, 0.2) is 36.5 Å². The molecule has 2 heterocycles. The number of nitrogens with zero attached hydrogens (tertiary/aromatic N) is 4. The molecule has 1 aromatic carbocycles. The number of rotatable bonds is 6. The summed E-state index contributed by atoms with van der Waals surface area (Å²) in [7, 11) is 0. The number of benzene rings is 1.